The van der Waals surface area contributed by atoms with Gasteiger partial charge in [-0.05, 0) is 36.8 Å². The lowest BCUT2D eigenvalue weighted by Gasteiger charge is -2.26. The van der Waals surface area contributed by atoms with Gasteiger partial charge in [-0.15, -0.1) is 11.3 Å². The van der Waals surface area contributed by atoms with Crippen LogP contribution in [0, 0.1) is 23.7 Å². The van der Waals surface area contributed by atoms with Crippen molar-refractivity contribution in [2.75, 3.05) is 13.1 Å². The van der Waals surface area contributed by atoms with Crippen LogP contribution >= 0.6 is 11.3 Å². The third-order valence-electron chi connectivity index (χ3n) is 4.03. The molecular formula is C17H24N2OS. The highest BCUT2D eigenvalue weighted by Gasteiger charge is 2.18. The molecule has 3 N–H and O–H groups in total. The second-order valence-corrected chi connectivity index (χ2v) is 6.94. The fourth-order valence-corrected chi connectivity index (χ4v) is 3.76. The Kier molecular flexibility index (Phi) is 6.28. The van der Waals surface area contributed by atoms with Crippen molar-refractivity contribution in [3.05, 3.63) is 21.9 Å². The number of carbonyl (C=O) groups excluding carboxylic acids is 1. The second kappa shape index (κ2) is 8.21. The molecule has 3 nitrogen and oxygen atoms in total. The quantitative estimate of drug-likeness (QED) is 0.840. The Hall–Kier alpha value is -1.31. The lowest BCUT2D eigenvalue weighted by atomic mass is 9.81. The Bertz CT molecular complexity index is 526. The number of hydrogen-bond donors (Lipinski definition) is 2. The fraction of sp³-hybridized carbons (Fsp3) is 0.588. The summed E-state index contributed by atoms with van der Waals surface area (Å²) in [7, 11) is 0. The van der Waals surface area contributed by atoms with Gasteiger partial charge in [-0.25, -0.2) is 0 Å². The lowest BCUT2D eigenvalue weighted by molar-refractivity contribution is 0.0953. The maximum absolute atomic E-state index is 12.1. The van der Waals surface area contributed by atoms with Crippen molar-refractivity contribution in [1.82, 2.24) is 5.32 Å². The molecule has 114 valence electrons. The first-order valence-electron chi connectivity index (χ1n) is 7.76. The van der Waals surface area contributed by atoms with Gasteiger partial charge in [0, 0.05) is 6.54 Å². The van der Waals surface area contributed by atoms with Crippen LogP contribution < -0.4 is 11.1 Å². The van der Waals surface area contributed by atoms with Gasteiger partial charge in [0.1, 0.15) is 0 Å². The smallest absolute Gasteiger partial charge is 0.261 e. The van der Waals surface area contributed by atoms with Crippen LogP contribution in [0.15, 0.2) is 12.1 Å². The van der Waals surface area contributed by atoms with Crippen molar-refractivity contribution in [2.24, 2.45) is 17.6 Å². The van der Waals surface area contributed by atoms with Gasteiger partial charge in [0.15, 0.2) is 0 Å². The van der Waals surface area contributed by atoms with E-state index < -0.39 is 0 Å². The molecule has 0 aliphatic heterocycles. The number of thiophene rings is 1. The molecule has 2 atom stereocenters. The predicted octanol–water partition coefficient (Wildman–Crippen LogP) is 3.00. The molecule has 0 bridgehead atoms. The average Bonchev–Trinajstić information content (AvgIpc) is 2.94. The van der Waals surface area contributed by atoms with E-state index in [-0.39, 0.29) is 5.91 Å². The van der Waals surface area contributed by atoms with Gasteiger partial charge in [0.2, 0.25) is 0 Å². The summed E-state index contributed by atoms with van der Waals surface area (Å²) >= 11 is 1.43. The van der Waals surface area contributed by atoms with E-state index in [1.54, 1.807) is 0 Å². The number of amides is 1. The molecule has 0 aromatic carbocycles. The highest BCUT2D eigenvalue weighted by molar-refractivity contribution is 7.14. The van der Waals surface area contributed by atoms with E-state index in [4.69, 9.17) is 5.73 Å². The molecule has 1 aromatic rings. The fourth-order valence-electron chi connectivity index (χ4n) is 2.96. The molecule has 1 aliphatic carbocycles. The normalized spacial score (nSPS) is 21.4. The molecule has 1 aromatic heterocycles. The molecule has 4 heteroatoms. The van der Waals surface area contributed by atoms with Crippen molar-refractivity contribution in [2.45, 2.75) is 39.0 Å². The summed E-state index contributed by atoms with van der Waals surface area (Å²) < 4.78 is 0. The summed E-state index contributed by atoms with van der Waals surface area (Å²) in [5.74, 6) is 7.41. The maximum atomic E-state index is 12.1. The van der Waals surface area contributed by atoms with E-state index in [1.807, 2.05) is 12.1 Å². The van der Waals surface area contributed by atoms with Crippen LogP contribution in [0.2, 0.25) is 0 Å². The van der Waals surface area contributed by atoms with Gasteiger partial charge in [-0.1, -0.05) is 38.0 Å². The minimum atomic E-state index is 0.0182. The second-order valence-electron chi connectivity index (χ2n) is 5.85. The van der Waals surface area contributed by atoms with Gasteiger partial charge >= 0.3 is 0 Å². The van der Waals surface area contributed by atoms with Gasteiger partial charge in [0.05, 0.1) is 16.3 Å². The van der Waals surface area contributed by atoms with Crippen LogP contribution in [0.25, 0.3) is 0 Å². The molecule has 1 fully saturated rings. The number of nitrogens with one attached hydrogen (secondary N) is 1. The van der Waals surface area contributed by atoms with Crippen LogP contribution in [0.1, 0.15) is 53.6 Å². The van der Waals surface area contributed by atoms with Gasteiger partial charge in [-0.2, -0.15) is 0 Å². The SMILES string of the molecule is CC1CCCC(CCNC(=O)c2ccc(C#CCN)s2)C1. The van der Waals surface area contributed by atoms with E-state index in [1.165, 1.54) is 37.0 Å². The minimum absolute atomic E-state index is 0.0182. The lowest BCUT2D eigenvalue weighted by Crippen LogP contribution is -2.26. The topological polar surface area (TPSA) is 55.1 Å². The largest absolute Gasteiger partial charge is 0.351 e. The summed E-state index contributed by atoms with van der Waals surface area (Å²) in [6, 6.07) is 3.72. The molecule has 2 rings (SSSR count). The van der Waals surface area contributed by atoms with E-state index in [0.717, 1.165) is 34.6 Å². The monoisotopic (exact) mass is 304 g/mol. The molecule has 21 heavy (non-hydrogen) atoms. The molecule has 1 aliphatic rings. The zero-order chi connectivity index (χ0) is 15.1. The third-order valence-corrected chi connectivity index (χ3v) is 5.03. The Balaban J connectivity index is 1.75. The van der Waals surface area contributed by atoms with Crippen LogP contribution in [0.3, 0.4) is 0 Å². The van der Waals surface area contributed by atoms with Gasteiger partial charge in [0.25, 0.3) is 5.91 Å². The summed E-state index contributed by atoms with van der Waals surface area (Å²) in [5.41, 5.74) is 5.34. The number of carbonyl (C=O) groups is 1. The molecule has 0 spiro atoms. The average molecular weight is 304 g/mol. The summed E-state index contributed by atoms with van der Waals surface area (Å²) in [4.78, 5) is 13.7. The number of hydrogen-bond acceptors (Lipinski definition) is 3. The van der Waals surface area contributed by atoms with E-state index >= 15 is 0 Å². The van der Waals surface area contributed by atoms with Crippen LogP contribution in [0.4, 0.5) is 0 Å². The maximum Gasteiger partial charge on any atom is 0.261 e. The van der Waals surface area contributed by atoms with Crippen molar-refractivity contribution in [1.29, 1.82) is 0 Å². The van der Waals surface area contributed by atoms with Crippen LogP contribution in [-0.4, -0.2) is 19.0 Å². The Morgan fingerprint density at radius 3 is 3.10 bits per heavy atom. The molecule has 2 unspecified atom stereocenters. The first kappa shape index (κ1) is 16.1. The van der Waals surface area contributed by atoms with Crippen molar-refractivity contribution in [3.63, 3.8) is 0 Å². The number of rotatable bonds is 4. The number of nitrogens with two attached hydrogens (primary N) is 1. The summed E-state index contributed by atoms with van der Waals surface area (Å²) in [5, 5.41) is 3.03. The van der Waals surface area contributed by atoms with Gasteiger partial charge in [-0.3, -0.25) is 4.79 Å². The zero-order valence-electron chi connectivity index (χ0n) is 12.7. The summed E-state index contributed by atoms with van der Waals surface area (Å²) in [6.07, 6.45) is 6.44. The van der Waals surface area contributed by atoms with E-state index in [2.05, 4.69) is 24.1 Å². The highest BCUT2D eigenvalue weighted by Crippen LogP contribution is 2.30. The van der Waals surface area contributed by atoms with Crippen molar-refractivity contribution in [3.8, 4) is 11.8 Å². The summed E-state index contributed by atoms with van der Waals surface area (Å²) in [6.45, 7) is 3.46. The molecule has 1 saturated carbocycles. The van der Waals surface area contributed by atoms with E-state index in [9.17, 15) is 4.79 Å². The van der Waals surface area contributed by atoms with Crippen LogP contribution in [-0.2, 0) is 0 Å². The van der Waals surface area contributed by atoms with E-state index in [0.29, 0.717) is 6.54 Å². The van der Waals surface area contributed by atoms with Crippen molar-refractivity contribution < 1.29 is 4.79 Å². The Morgan fingerprint density at radius 2 is 2.33 bits per heavy atom. The molecule has 1 amide bonds. The Morgan fingerprint density at radius 1 is 1.48 bits per heavy atom. The standard InChI is InChI=1S/C17H24N2OS/c1-13-4-2-5-14(12-13)9-11-19-17(20)16-8-7-15(21-16)6-3-10-18/h7-8,13-14H,2,4-5,9-12,18H2,1H3,(H,19,20). The van der Waals surface area contributed by atoms with Crippen LogP contribution in [0.5, 0.6) is 0 Å². The third kappa shape index (κ3) is 5.18. The molecular weight excluding hydrogens is 280 g/mol. The minimum Gasteiger partial charge on any atom is -0.351 e. The molecule has 1 heterocycles. The highest BCUT2D eigenvalue weighted by atomic mass is 32.1. The predicted molar refractivity (Wildman–Crippen MR) is 88.3 cm³/mol. The van der Waals surface area contributed by atoms with Gasteiger partial charge < -0.3 is 11.1 Å². The Labute approximate surface area is 131 Å². The molecule has 0 radical (unpaired) electrons. The zero-order valence-corrected chi connectivity index (χ0v) is 13.5. The first-order valence-corrected chi connectivity index (χ1v) is 8.57. The van der Waals surface area contributed by atoms with Crippen molar-refractivity contribution >= 4 is 17.2 Å². The molecule has 0 saturated heterocycles. The first-order chi connectivity index (χ1) is 10.2.